The Morgan fingerprint density at radius 2 is 1.65 bits per heavy atom. The van der Waals surface area contributed by atoms with Crippen molar-refractivity contribution in [2.75, 3.05) is 11.6 Å². The Morgan fingerprint density at radius 1 is 1.06 bits per heavy atom. The average molecular weight is 249 g/mol. The summed E-state index contributed by atoms with van der Waals surface area (Å²) in [5.74, 6) is 1.58. The van der Waals surface area contributed by atoms with Crippen LogP contribution in [0.5, 0.6) is 0 Å². The third kappa shape index (κ3) is 3.19. The standard InChI is InChI=1S/C15H23NS/c1-11-5-4-6-12(2)15(11)16-13-7-9-14(17-3)10-8-13/h7-12,15-16H,4-6H2,1-3H3. The van der Waals surface area contributed by atoms with E-state index in [0.29, 0.717) is 6.04 Å². The van der Waals surface area contributed by atoms with Gasteiger partial charge in [-0.3, -0.25) is 0 Å². The Kier molecular flexibility index (Phi) is 4.38. The largest absolute Gasteiger partial charge is 0.382 e. The van der Waals surface area contributed by atoms with Gasteiger partial charge in [-0.25, -0.2) is 0 Å². The summed E-state index contributed by atoms with van der Waals surface area (Å²) in [5, 5.41) is 3.72. The minimum absolute atomic E-state index is 0.642. The smallest absolute Gasteiger partial charge is 0.0343 e. The van der Waals surface area contributed by atoms with E-state index in [9.17, 15) is 0 Å². The van der Waals surface area contributed by atoms with Crippen LogP contribution in [0.4, 0.5) is 5.69 Å². The summed E-state index contributed by atoms with van der Waals surface area (Å²) >= 11 is 1.80. The Morgan fingerprint density at radius 3 is 2.18 bits per heavy atom. The minimum atomic E-state index is 0.642. The van der Waals surface area contributed by atoms with Crippen molar-refractivity contribution in [1.29, 1.82) is 0 Å². The molecule has 1 saturated carbocycles. The fourth-order valence-corrected chi connectivity index (χ4v) is 3.25. The highest BCUT2D eigenvalue weighted by Gasteiger charge is 2.27. The topological polar surface area (TPSA) is 12.0 Å². The number of nitrogens with one attached hydrogen (secondary N) is 1. The molecule has 0 bridgehead atoms. The van der Waals surface area contributed by atoms with Crippen LogP contribution in [0.2, 0.25) is 0 Å². The third-order valence-corrected chi connectivity index (χ3v) is 4.71. The van der Waals surface area contributed by atoms with Crippen molar-refractivity contribution in [3.63, 3.8) is 0 Å². The van der Waals surface area contributed by atoms with Crippen LogP contribution < -0.4 is 5.32 Å². The molecule has 1 aromatic carbocycles. The molecule has 17 heavy (non-hydrogen) atoms. The maximum atomic E-state index is 3.72. The van der Waals surface area contributed by atoms with E-state index in [1.54, 1.807) is 11.8 Å². The molecule has 1 nitrogen and oxygen atoms in total. The Labute approximate surface area is 109 Å². The highest BCUT2D eigenvalue weighted by atomic mass is 32.2. The first-order chi connectivity index (χ1) is 8.20. The van der Waals surface area contributed by atoms with Crippen molar-refractivity contribution < 1.29 is 0 Å². The van der Waals surface area contributed by atoms with Crippen LogP contribution in [0.1, 0.15) is 33.1 Å². The number of benzene rings is 1. The molecule has 1 aromatic rings. The zero-order valence-corrected chi connectivity index (χ0v) is 11.9. The van der Waals surface area contributed by atoms with E-state index in [0.717, 1.165) is 11.8 Å². The molecule has 2 atom stereocenters. The number of rotatable bonds is 3. The predicted octanol–water partition coefficient (Wildman–Crippen LogP) is 4.65. The normalized spacial score (nSPS) is 29.0. The summed E-state index contributed by atoms with van der Waals surface area (Å²) in [6.45, 7) is 4.76. The third-order valence-electron chi connectivity index (χ3n) is 3.97. The molecule has 0 saturated heterocycles. The number of hydrogen-bond acceptors (Lipinski definition) is 2. The van der Waals surface area contributed by atoms with Gasteiger partial charge >= 0.3 is 0 Å². The monoisotopic (exact) mass is 249 g/mol. The van der Waals surface area contributed by atoms with E-state index in [1.165, 1.54) is 29.8 Å². The fourth-order valence-electron chi connectivity index (χ4n) is 2.85. The van der Waals surface area contributed by atoms with E-state index in [1.807, 2.05) is 0 Å². The first-order valence-electron chi connectivity index (χ1n) is 6.61. The Bertz CT molecular complexity index is 336. The maximum Gasteiger partial charge on any atom is 0.0343 e. The van der Waals surface area contributed by atoms with E-state index in [4.69, 9.17) is 0 Å². The van der Waals surface area contributed by atoms with E-state index in [2.05, 4.69) is 49.7 Å². The van der Waals surface area contributed by atoms with Crippen molar-refractivity contribution in [1.82, 2.24) is 0 Å². The van der Waals surface area contributed by atoms with Crippen molar-refractivity contribution in [3.8, 4) is 0 Å². The summed E-state index contributed by atoms with van der Waals surface area (Å²) < 4.78 is 0. The highest BCUT2D eigenvalue weighted by molar-refractivity contribution is 7.98. The minimum Gasteiger partial charge on any atom is -0.382 e. The van der Waals surface area contributed by atoms with Crippen molar-refractivity contribution in [2.45, 2.75) is 44.0 Å². The van der Waals surface area contributed by atoms with E-state index in [-0.39, 0.29) is 0 Å². The predicted molar refractivity (Wildman–Crippen MR) is 77.8 cm³/mol. The molecule has 1 fully saturated rings. The van der Waals surface area contributed by atoms with Crippen LogP contribution >= 0.6 is 11.8 Å². The zero-order chi connectivity index (χ0) is 12.3. The van der Waals surface area contributed by atoms with Crippen LogP contribution in [0.3, 0.4) is 0 Å². The summed E-state index contributed by atoms with van der Waals surface area (Å²) in [4.78, 5) is 1.33. The molecule has 2 unspecified atom stereocenters. The van der Waals surface area contributed by atoms with Gasteiger partial charge in [0.15, 0.2) is 0 Å². The van der Waals surface area contributed by atoms with Gasteiger partial charge in [0.1, 0.15) is 0 Å². The Balaban J connectivity index is 2.03. The lowest BCUT2D eigenvalue weighted by atomic mass is 9.78. The second-order valence-corrected chi connectivity index (χ2v) is 6.16. The molecule has 2 heteroatoms. The van der Waals surface area contributed by atoms with Crippen LogP contribution in [0.15, 0.2) is 29.2 Å². The summed E-state index contributed by atoms with van der Waals surface area (Å²) in [5.41, 5.74) is 1.27. The molecule has 0 amide bonds. The molecule has 1 aliphatic carbocycles. The molecular weight excluding hydrogens is 226 g/mol. The molecule has 0 radical (unpaired) electrons. The van der Waals surface area contributed by atoms with E-state index >= 15 is 0 Å². The SMILES string of the molecule is CSc1ccc(NC2C(C)CCCC2C)cc1. The molecule has 2 rings (SSSR count). The van der Waals surface area contributed by atoms with Gasteiger partial charge in [-0.15, -0.1) is 11.8 Å². The van der Waals surface area contributed by atoms with Gasteiger partial charge in [0.2, 0.25) is 0 Å². The molecule has 1 N–H and O–H groups in total. The van der Waals surface area contributed by atoms with Crippen LogP contribution in [0, 0.1) is 11.8 Å². The maximum absolute atomic E-state index is 3.72. The highest BCUT2D eigenvalue weighted by Crippen LogP contribution is 2.31. The second kappa shape index (κ2) is 5.81. The van der Waals surface area contributed by atoms with Gasteiger partial charge in [-0.1, -0.05) is 20.3 Å². The molecular formula is C15H23NS. The van der Waals surface area contributed by atoms with Crippen LogP contribution in [-0.4, -0.2) is 12.3 Å². The molecule has 0 spiro atoms. The van der Waals surface area contributed by atoms with Gasteiger partial charge in [0, 0.05) is 16.6 Å². The first-order valence-corrected chi connectivity index (χ1v) is 7.84. The first kappa shape index (κ1) is 12.8. The summed E-state index contributed by atoms with van der Waals surface area (Å²) in [6.07, 6.45) is 6.25. The van der Waals surface area contributed by atoms with Crippen molar-refractivity contribution >= 4 is 17.4 Å². The Hall–Kier alpha value is -0.630. The summed E-state index contributed by atoms with van der Waals surface area (Å²) in [7, 11) is 0. The molecule has 0 aromatic heterocycles. The van der Waals surface area contributed by atoms with Gasteiger partial charge in [0.05, 0.1) is 0 Å². The molecule has 1 aliphatic rings. The van der Waals surface area contributed by atoms with Crippen LogP contribution in [0.25, 0.3) is 0 Å². The lowest BCUT2D eigenvalue weighted by Gasteiger charge is -2.35. The van der Waals surface area contributed by atoms with E-state index < -0.39 is 0 Å². The number of hydrogen-bond donors (Lipinski definition) is 1. The molecule has 0 heterocycles. The molecule has 0 aliphatic heterocycles. The molecule has 94 valence electrons. The van der Waals surface area contributed by atoms with Crippen LogP contribution in [-0.2, 0) is 0 Å². The van der Waals surface area contributed by atoms with Crippen molar-refractivity contribution in [2.24, 2.45) is 11.8 Å². The van der Waals surface area contributed by atoms with Gasteiger partial charge in [0.25, 0.3) is 0 Å². The van der Waals surface area contributed by atoms with Crippen molar-refractivity contribution in [3.05, 3.63) is 24.3 Å². The van der Waals surface area contributed by atoms with Gasteiger partial charge in [-0.2, -0.15) is 0 Å². The number of thioether (sulfide) groups is 1. The average Bonchev–Trinajstić information content (AvgIpc) is 2.35. The quantitative estimate of drug-likeness (QED) is 0.783. The fraction of sp³-hybridized carbons (Fsp3) is 0.600. The zero-order valence-electron chi connectivity index (χ0n) is 11.1. The summed E-state index contributed by atoms with van der Waals surface area (Å²) in [6, 6.07) is 9.46. The lowest BCUT2D eigenvalue weighted by Crippen LogP contribution is -2.36. The number of anilines is 1. The van der Waals surface area contributed by atoms with Gasteiger partial charge < -0.3 is 5.32 Å². The lowest BCUT2D eigenvalue weighted by molar-refractivity contribution is 0.268. The second-order valence-electron chi connectivity index (χ2n) is 5.28. The van der Waals surface area contributed by atoms with Gasteiger partial charge in [-0.05, 0) is 55.2 Å².